The Morgan fingerprint density at radius 3 is 2.75 bits per heavy atom. The summed E-state index contributed by atoms with van der Waals surface area (Å²) in [6.45, 7) is 8.09. The lowest BCUT2D eigenvalue weighted by atomic mass is 10.2. The quantitative estimate of drug-likeness (QED) is 0.886. The van der Waals surface area contributed by atoms with Crippen LogP contribution in [0.15, 0.2) is 5.51 Å². The molecular weight excluding hydrogens is 224 g/mol. The highest BCUT2D eigenvalue weighted by atomic mass is 32.1. The highest BCUT2D eigenvalue weighted by Crippen LogP contribution is 2.12. The van der Waals surface area contributed by atoms with Gasteiger partial charge in [0.1, 0.15) is 5.60 Å². The van der Waals surface area contributed by atoms with E-state index in [9.17, 15) is 4.79 Å². The second-order valence-electron chi connectivity index (χ2n) is 4.54. The molecule has 90 valence electrons. The highest BCUT2D eigenvalue weighted by molar-refractivity contribution is 7.09. The largest absolute Gasteiger partial charge is 0.444 e. The molecule has 1 rings (SSSR count). The number of ether oxygens (including phenoxy) is 1. The molecule has 1 aromatic heterocycles. The lowest BCUT2D eigenvalue weighted by Crippen LogP contribution is -2.33. The highest BCUT2D eigenvalue weighted by Gasteiger charge is 2.15. The van der Waals surface area contributed by atoms with Crippen LogP contribution in [0.5, 0.6) is 0 Å². The van der Waals surface area contributed by atoms with Gasteiger partial charge in [-0.1, -0.05) is 0 Å². The lowest BCUT2D eigenvalue weighted by molar-refractivity contribution is 0.0528. The van der Waals surface area contributed by atoms with Crippen LogP contribution in [-0.2, 0) is 11.2 Å². The molecule has 0 aliphatic heterocycles. The predicted molar refractivity (Wildman–Crippen MR) is 64.8 cm³/mol. The molecule has 0 unspecified atom stereocenters. The molecule has 4 nitrogen and oxygen atoms in total. The Morgan fingerprint density at radius 2 is 2.25 bits per heavy atom. The smallest absolute Gasteiger partial charge is 0.407 e. The maximum Gasteiger partial charge on any atom is 0.407 e. The van der Waals surface area contributed by atoms with Gasteiger partial charge < -0.3 is 10.1 Å². The van der Waals surface area contributed by atoms with Gasteiger partial charge in [-0.3, -0.25) is 0 Å². The third kappa shape index (κ3) is 4.61. The molecule has 1 N–H and O–H groups in total. The van der Waals surface area contributed by atoms with Crippen LogP contribution < -0.4 is 5.32 Å². The Hall–Kier alpha value is -1.10. The first kappa shape index (κ1) is 13.0. The van der Waals surface area contributed by atoms with E-state index in [1.165, 1.54) is 4.88 Å². The number of alkyl carbamates (subject to hydrolysis) is 1. The fourth-order valence-corrected chi connectivity index (χ4v) is 1.94. The molecule has 0 bridgehead atoms. The van der Waals surface area contributed by atoms with Crippen LogP contribution >= 0.6 is 11.3 Å². The minimum Gasteiger partial charge on any atom is -0.444 e. The van der Waals surface area contributed by atoms with Crippen LogP contribution in [-0.4, -0.2) is 23.2 Å². The Morgan fingerprint density at radius 1 is 1.56 bits per heavy atom. The van der Waals surface area contributed by atoms with Crippen molar-refractivity contribution >= 4 is 17.4 Å². The number of aromatic nitrogens is 1. The predicted octanol–water partition coefficient (Wildman–Crippen LogP) is 2.52. The molecule has 16 heavy (non-hydrogen) atoms. The van der Waals surface area contributed by atoms with Gasteiger partial charge in [0.2, 0.25) is 0 Å². The van der Waals surface area contributed by atoms with Gasteiger partial charge in [0.05, 0.1) is 11.2 Å². The van der Waals surface area contributed by atoms with Crippen molar-refractivity contribution in [1.82, 2.24) is 10.3 Å². The monoisotopic (exact) mass is 242 g/mol. The number of nitrogens with zero attached hydrogens (tertiary/aromatic N) is 1. The van der Waals surface area contributed by atoms with Crippen LogP contribution in [0.2, 0.25) is 0 Å². The van der Waals surface area contributed by atoms with Crippen LogP contribution in [0.25, 0.3) is 0 Å². The molecule has 0 saturated heterocycles. The summed E-state index contributed by atoms with van der Waals surface area (Å²) in [5, 5.41) is 2.72. The molecule has 0 aromatic carbocycles. The summed E-state index contributed by atoms with van der Waals surface area (Å²) in [6, 6.07) is 0. The maximum absolute atomic E-state index is 11.3. The zero-order valence-electron chi connectivity index (χ0n) is 10.2. The molecule has 5 heteroatoms. The molecule has 0 aliphatic rings. The van der Waals surface area contributed by atoms with Gasteiger partial charge in [0.25, 0.3) is 0 Å². The van der Waals surface area contributed by atoms with Gasteiger partial charge in [0.15, 0.2) is 0 Å². The van der Waals surface area contributed by atoms with E-state index in [4.69, 9.17) is 4.74 Å². The SMILES string of the molecule is Cc1ncsc1CCNC(=O)OC(C)(C)C. The molecule has 0 atom stereocenters. The molecule has 0 fully saturated rings. The fraction of sp³-hybridized carbons (Fsp3) is 0.636. The number of thiazole rings is 1. The number of aryl methyl sites for hydroxylation is 1. The third-order valence-corrected chi connectivity index (χ3v) is 2.86. The zero-order chi connectivity index (χ0) is 12.2. The summed E-state index contributed by atoms with van der Waals surface area (Å²) in [5.41, 5.74) is 2.42. The normalized spacial score (nSPS) is 11.2. The van der Waals surface area contributed by atoms with Gasteiger partial charge in [0, 0.05) is 17.8 Å². The van der Waals surface area contributed by atoms with E-state index < -0.39 is 5.60 Å². The number of rotatable bonds is 3. The number of hydrogen-bond donors (Lipinski definition) is 1. The number of carbonyl (C=O) groups excluding carboxylic acids is 1. The number of nitrogens with one attached hydrogen (secondary N) is 1. The van der Waals surface area contributed by atoms with E-state index in [2.05, 4.69) is 10.3 Å². The summed E-state index contributed by atoms with van der Waals surface area (Å²) in [5.74, 6) is 0. The van der Waals surface area contributed by atoms with Gasteiger partial charge in [-0.25, -0.2) is 9.78 Å². The van der Waals surface area contributed by atoms with Crippen molar-refractivity contribution in [2.75, 3.05) is 6.54 Å². The van der Waals surface area contributed by atoms with Gasteiger partial charge in [-0.2, -0.15) is 0 Å². The third-order valence-electron chi connectivity index (χ3n) is 1.87. The summed E-state index contributed by atoms with van der Waals surface area (Å²) in [7, 11) is 0. The minimum atomic E-state index is -0.440. The topological polar surface area (TPSA) is 51.2 Å². The van der Waals surface area contributed by atoms with Crippen LogP contribution in [0.4, 0.5) is 4.79 Å². The molecule has 1 aromatic rings. The van der Waals surface area contributed by atoms with E-state index in [-0.39, 0.29) is 6.09 Å². The van der Waals surface area contributed by atoms with Crippen LogP contribution in [0.1, 0.15) is 31.3 Å². The molecule has 1 amide bonds. The standard InChI is InChI=1S/C11H18N2O2S/c1-8-9(16-7-13-8)5-6-12-10(14)15-11(2,3)4/h7H,5-6H2,1-4H3,(H,12,14). The molecular formula is C11H18N2O2S. The Labute approximate surface area is 100 Å². The van der Waals surface area contributed by atoms with E-state index in [0.29, 0.717) is 6.54 Å². The number of carbonyl (C=O) groups is 1. The fourth-order valence-electron chi connectivity index (χ4n) is 1.16. The first-order valence-corrected chi connectivity index (χ1v) is 6.12. The van der Waals surface area contributed by atoms with Crippen molar-refractivity contribution in [2.24, 2.45) is 0 Å². The second kappa shape index (κ2) is 5.30. The summed E-state index contributed by atoms with van der Waals surface area (Å²) < 4.78 is 5.13. The summed E-state index contributed by atoms with van der Waals surface area (Å²) >= 11 is 1.61. The van der Waals surface area contributed by atoms with Gasteiger partial charge in [-0.05, 0) is 27.7 Å². The molecule has 1 heterocycles. The van der Waals surface area contributed by atoms with Crippen LogP contribution in [0.3, 0.4) is 0 Å². The molecule has 0 spiro atoms. The van der Waals surface area contributed by atoms with Crippen LogP contribution in [0, 0.1) is 6.92 Å². The first-order valence-electron chi connectivity index (χ1n) is 5.24. The Balaban J connectivity index is 2.26. The van der Waals surface area contributed by atoms with E-state index in [1.807, 2.05) is 33.2 Å². The van der Waals surface area contributed by atoms with Crippen molar-refractivity contribution in [3.05, 3.63) is 16.1 Å². The zero-order valence-corrected chi connectivity index (χ0v) is 11.0. The summed E-state index contributed by atoms with van der Waals surface area (Å²) in [6.07, 6.45) is 0.435. The Bertz CT molecular complexity index is 355. The number of amides is 1. The first-order chi connectivity index (χ1) is 7.38. The van der Waals surface area contributed by atoms with E-state index in [1.54, 1.807) is 11.3 Å². The molecule has 0 aliphatic carbocycles. The van der Waals surface area contributed by atoms with Gasteiger partial charge >= 0.3 is 6.09 Å². The van der Waals surface area contributed by atoms with E-state index in [0.717, 1.165) is 12.1 Å². The van der Waals surface area contributed by atoms with Crippen molar-refractivity contribution in [3.8, 4) is 0 Å². The van der Waals surface area contributed by atoms with Crippen molar-refractivity contribution in [3.63, 3.8) is 0 Å². The second-order valence-corrected chi connectivity index (χ2v) is 5.48. The maximum atomic E-state index is 11.3. The molecule has 0 radical (unpaired) electrons. The van der Waals surface area contributed by atoms with E-state index >= 15 is 0 Å². The lowest BCUT2D eigenvalue weighted by Gasteiger charge is -2.19. The minimum absolute atomic E-state index is 0.366. The van der Waals surface area contributed by atoms with Crippen molar-refractivity contribution < 1.29 is 9.53 Å². The van der Waals surface area contributed by atoms with Gasteiger partial charge in [-0.15, -0.1) is 11.3 Å². The average molecular weight is 242 g/mol. The Kier molecular flexibility index (Phi) is 4.29. The molecule has 0 saturated carbocycles. The van der Waals surface area contributed by atoms with Crippen molar-refractivity contribution in [2.45, 2.75) is 39.7 Å². The number of hydrogen-bond acceptors (Lipinski definition) is 4. The summed E-state index contributed by atoms with van der Waals surface area (Å²) in [4.78, 5) is 16.7. The average Bonchev–Trinajstić information content (AvgIpc) is 2.48. The van der Waals surface area contributed by atoms with Crippen molar-refractivity contribution in [1.29, 1.82) is 0 Å².